The van der Waals surface area contributed by atoms with E-state index in [1.165, 1.54) is 16.4 Å². The average molecular weight is 475 g/mol. The van der Waals surface area contributed by atoms with Crippen molar-refractivity contribution in [2.45, 2.75) is 19.9 Å². The number of nitrogens with one attached hydrogen (secondary N) is 1. The molecule has 32 heavy (non-hydrogen) atoms. The van der Waals surface area contributed by atoms with Crippen LogP contribution in [0, 0.1) is 12.7 Å². The van der Waals surface area contributed by atoms with E-state index in [1.807, 2.05) is 6.92 Å². The fourth-order valence-corrected chi connectivity index (χ4v) is 4.19. The van der Waals surface area contributed by atoms with E-state index in [1.54, 1.807) is 54.6 Å². The van der Waals surface area contributed by atoms with Gasteiger partial charge in [-0.2, -0.15) is 0 Å². The number of benzene rings is 3. The van der Waals surface area contributed by atoms with Gasteiger partial charge < -0.3 is 5.32 Å². The summed E-state index contributed by atoms with van der Waals surface area (Å²) in [4.78, 5) is 12.4. The van der Waals surface area contributed by atoms with Crippen molar-refractivity contribution in [1.82, 2.24) is 5.32 Å². The first-order chi connectivity index (χ1) is 15.1. The maximum absolute atomic E-state index is 13.0. The van der Waals surface area contributed by atoms with Gasteiger partial charge in [0.2, 0.25) is 10.0 Å². The third-order valence-corrected chi connectivity index (χ3v) is 6.55. The number of rotatable bonds is 8. The Labute approximate surface area is 192 Å². The summed E-state index contributed by atoms with van der Waals surface area (Å²) >= 11 is 6.17. The predicted octanol–water partition coefficient (Wildman–Crippen LogP) is 4.73. The number of sulfonamides is 1. The van der Waals surface area contributed by atoms with Gasteiger partial charge in [-0.15, -0.1) is 0 Å². The quantitative estimate of drug-likeness (QED) is 0.513. The minimum Gasteiger partial charge on any atom is -0.352 e. The molecule has 0 unspecified atom stereocenters. The van der Waals surface area contributed by atoms with Crippen LogP contribution < -0.4 is 9.62 Å². The zero-order chi connectivity index (χ0) is 23.3. The van der Waals surface area contributed by atoms with Crippen molar-refractivity contribution in [3.8, 4) is 0 Å². The van der Waals surface area contributed by atoms with Crippen molar-refractivity contribution in [1.29, 1.82) is 0 Å². The van der Waals surface area contributed by atoms with Crippen LogP contribution in [-0.2, 0) is 23.0 Å². The van der Waals surface area contributed by atoms with Gasteiger partial charge in [-0.1, -0.05) is 41.9 Å². The van der Waals surface area contributed by atoms with Gasteiger partial charge in [0.05, 0.1) is 18.5 Å². The second-order valence-electron chi connectivity index (χ2n) is 7.53. The topological polar surface area (TPSA) is 66.5 Å². The molecule has 0 heterocycles. The predicted molar refractivity (Wildman–Crippen MR) is 126 cm³/mol. The number of hydrogen-bond donors (Lipinski definition) is 1. The highest BCUT2D eigenvalue weighted by molar-refractivity contribution is 7.92. The molecule has 0 aromatic heterocycles. The van der Waals surface area contributed by atoms with Crippen LogP contribution in [0.3, 0.4) is 0 Å². The molecular formula is C24H24ClFN2O3S. The van der Waals surface area contributed by atoms with E-state index in [-0.39, 0.29) is 18.3 Å². The molecule has 0 aliphatic carbocycles. The van der Waals surface area contributed by atoms with E-state index in [2.05, 4.69) is 5.32 Å². The molecule has 3 rings (SSSR count). The van der Waals surface area contributed by atoms with Crippen molar-refractivity contribution >= 4 is 33.2 Å². The number of carbonyl (C=O) groups is 1. The summed E-state index contributed by atoms with van der Waals surface area (Å²) in [6.07, 6.45) is 1.73. The zero-order valence-electron chi connectivity index (χ0n) is 17.8. The van der Waals surface area contributed by atoms with Crippen LogP contribution >= 0.6 is 11.6 Å². The van der Waals surface area contributed by atoms with E-state index in [9.17, 15) is 17.6 Å². The standard InChI is InChI=1S/C24H24ClFN2O3S/c1-17-3-12-22(15-23(17)25)28(32(2,30)31)16-19-4-8-20(9-5-19)24(29)27-14-13-18-6-10-21(26)11-7-18/h3-12,15H,13-14,16H2,1-2H3,(H,27,29). The Hall–Kier alpha value is -2.90. The molecule has 0 radical (unpaired) electrons. The molecule has 0 spiro atoms. The molecule has 0 saturated heterocycles. The van der Waals surface area contributed by atoms with Crippen molar-refractivity contribution in [3.05, 3.63) is 99.8 Å². The second kappa shape index (κ2) is 10.1. The lowest BCUT2D eigenvalue weighted by atomic mass is 10.1. The van der Waals surface area contributed by atoms with Gasteiger partial charge >= 0.3 is 0 Å². The molecule has 0 fully saturated rings. The van der Waals surface area contributed by atoms with Gasteiger partial charge in [-0.3, -0.25) is 9.10 Å². The van der Waals surface area contributed by atoms with E-state index in [4.69, 9.17) is 11.6 Å². The van der Waals surface area contributed by atoms with Crippen molar-refractivity contribution in [3.63, 3.8) is 0 Å². The van der Waals surface area contributed by atoms with Crippen LogP contribution in [-0.4, -0.2) is 27.1 Å². The zero-order valence-corrected chi connectivity index (χ0v) is 19.4. The Bertz CT molecular complexity index is 1200. The molecule has 1 N–H and O–H groups in total. The summed E-state index contributed by atoms with van der Waals surface area (Å²) < 4.78 is 38.9. The van der Waals surface area contributed by atoms with Gasteiger partial charge in [0, 0.05) is 17.1 Å². The number of carbonyl (C=O) groups excluding carboxylic acids is 1. The van der Waals surface area contributed by atoms with Gasteiger partial charge in [0.1, 0.15) is 5.82 Å². The first-order valence-electron chi connectivity index (χ1n) is 9.99. The fraction of sp³-hybridized carbons (Fsp3) is 0.208. The number of halogens is 2. The summed E-state index contributed by atoms with van der Waals surface area (Å²) in [6.45, 7) is 2.38. The lowest BCUT2D eigenvalue weighted by Crippen LogP contribution is -2.29. The second-order valence-corrected chi connectivity index (χ2v) is 9.85. The number of aryl methyl sites for hydroxylation is 1. The Morgan fingerprint density at radius 1 is 1.00 bits per heavy atom. The number of hydrogen-bond acceptors (Lipinski definition) is 3. The van der Waals surface area contributed by atoms with Crippen LogP contribution in [0.1, 0.15) is 27.0 Å². The molecule has 0 atom stereocenters. The molecule has 3 aromatic rings. The molecule has 168 valence electrons. The third kappa shape index (κ3) is 6.31. The average Bonchev–Trinajstić information content (AvgIpc) is 2.75. The molecule has 0 saturated carbocycles. The number of anilines is 1. The van der Waals surface area contributed by atoms with Crippen LogP contribution in [0.4, 0.5) is 10.1 Å². The van der Waals surface area contributed by atoms with E-state index >= 15 is 0 Å². The summed E-state index contributed by atoms with van der Waals surface area (Å²) in [6, 6.07) is 18.0. The summed E-state index contributed by atoms with van der Waals surface area (Å²) in [5.74, 6) is -0.526. The molecule has 8 heteroatoms. The van der Waals surface area contributed by atoms with E-state index in [0.717, 1.165) is 22.9 Å². The van der Waals surface area contributed by atoms with E-state index in [0.29, 0.717) is 29.2 Å². The SMILES string of the molecule is Cc1ccc(N(Cc2ccc(C(=O)NCCc3ccc(F)cc3)cc2)S(C)(=O)=O)cc1Cl. The normalized spacial score (nSPS) is 11.2. The molecular weight excluding hydrogens is 451 g/mol. The van der Waals surface area contributed by atoms with E-state index < -0.39 is 10.0 Å². The Morgan fingerprint density at radius 2 is 1.62 bits per heavy atom. The lowest BCUT2D eigenvalue weighted by Gasteiger charge is -2.23. The maximum Gasteiger partial charge on any atom is 0.251 e. The van der Waals surface area contributed by atoms with Crippen LogP contribution in [0.15, 0.2) is 66.7 Å². The number of amides is 1. The highest BCUT2D eigenvalue weighted by atomic mass is 35.5. The lowest BCUT2D eigenvalue weighted by molar-refractivity contribution is 0.0954. The van der Waals surface area contributed by atoms with Gasteiger partial charge in [-0.05, 0) is 66.4 Å². The van der Waals surface area contributed by atoms with Gasteiger partial charge in [-0.25, -0.2) is 12.8 Å². The molecule has 5 nitrogen and oxygen atoms in total. The fourth-order valence-electron chi connectivity index (χ4n) is 3.14. The van der Waals surface area contributed by atoms with Crippen LogP contribution in [0.25, 0.3) is 0 Å². The largest absolute Gasteiger partial charge is 0.352 e. The summed E-state index contributed by atoms with van der Waals surface area (Å²) in [7, 11) is -3.54. The van der Waals surface area contributed by atoms with Crippen molar-refractivity contribution in [2.24, 2.45) is 0 Å². The minimum atomic E-state index is -3.54. The van der Waals surface area contributed by atoms with Crippen molar-refractivity contribution in [2.75, 3.05) is 17.1 Å². The summed E-state index contributed by atoms with van der Waals surface area (Å²) in [5, 5.41) is 3.32. The van der Waals surface area contributed by atoms with Gasteiger partial charge in [0.15, 0.2) is 0 Å². The van der Waals surface area contributed by atoms with Crippen molar-refractivity contribution < 1.29 is 17.6 Å². The molecule has 1 amide bonds. The Morgan fingerprint density at radius 3 is 2.22 bits per heavy atom. The molecule has 0 bridgehead atoms. The number of nitrogens with zero attached hydrogens (tertiary/aromatic N) is 1. The smallest absolute Gasteiger partial charge is 0.251 e. The summed E-state index contributed by atoms with van der Waals surface area (Å²) in [5.41, 5.74) is 3.47. The van der Waals surface area contributed by atoms with Gasteiger partial charge in [0.25, 0.3) is 5.91 Å². The molecule has 3 aromatic carbocycles. The van der Waals surface area contributed by atoms with Crippen LogP contribution in [0.5, 0.6) is 0 Å². The highest BCUT2D eigenvalue weighted by Gasteiger charge is 2.19. The first-order valence-corrected chi connectivity index (χ1v) is 12.2. The highest BCUT2D eigenvalue weighted by Crippen LogP contribution is 2.26. The Kier molecular flexibility index (Phi) is 7.53. The molecule has 0 aliphatic rings. The third-order valence-electron chi connectivity index (χ3n) is 5.00. The van der Waals surface area contributed by atoms with Crippen LogP contribution in [0.2, 0.25) is 5.02 Å². The monoisotopic (exact) mass is 474 g/mol. The Balaban J connectivity index is 1.64. The molecule has 0 aliphatic heterocycles. The first kappa shape index (κ1) is 23.8. The maximum atomic E-state index is 13.0. The minimum absolute atomic E-state index is 0.116.